The number of halogens is 1. The summed E-state index contributed by atoms with van der Waals surface area (Å²) in [4.78, 5) is 0. The van der Waals surface area contributed by atoms with E-state index in [1.54, 1.807) is 16.8 Å². The maximum absolute atomic E-state index is 5.91. The first kappa shape index (κ1) is 12.0. The van der Waals surface area contributed by atoms with Crippen LogP contribution in [0.15, 0.2) is 24.3 Å². The molecule has 0 atom stereocenters. The van der Waals surface area contributed by atoms with Crippen molar-refractivity contribution in [1.82, 2.24) is 9.78 Å². The molecule has 1 aromatic heterocycles. The molecule has 4 nitrogen and oxygen atoms in total. The van der Waals surface area contributed by atoms with Crippen LogP contribution in [0.1, 0.15) is 11.3 Å². The molecule has 0 saturated carbocycles. The lowest BCUT2D eigenvalue weighted by Crippen LogP contribution is -2.01. The third kappa shape index (κ3) is 2.60. The van der Waals surface area contributed by atoms with Crippen molar-refractivity contribution in [2.45, 2.75) is 13.5 Å². The molecule has 2 aromatic rings. The zero-order valence-electron chi connectivity index (χ0n) is 9.77. The summed E-state index contributed by atoms with van der Waals surface area (Å²) in [7, 11) is 1.83. The van der Waals surface area contributed by atoms with E-state index < -0.39 is 0 Å². The smallest absolute Gasteiger partial charge is 0.217 e. The van der Waals surface area contributed by atoms with Gasteiger partial charge in [0.05, 0.1) is 5.69 Å². The van der Waals surface area contributed by atoms with Crippen LogP contribution in [0.2, 0.25) is 5.02 Å². The van der Waals surface area contributed by atoms with E-state index in [0.29, 0.717) is 23.2 Å². The third-order valence-electron chi connectivity index (χ3n) is 2.42. The minimum Gasteiger partial charge on any atom is -0.439 e. The number of hydrogen-bond acceptors (Lipinski definition) is 3. The molecule has 0 unspecified atom stereocenters. The van der Waals surface area contributed by atoms with Crippen molar-refractivity contribution in [2.75, 3.05) is 0 Å². The van der Waals surface area contributed by atoms with Gasteiger partial charge in [0.25, 0.3) is 0 Å². The Morgan fingerprint density at radius 2 is 2.18 bits per heavy atom. The van der Waals surface area contributed by atoms with Crippen molar-refractivity contribution in [3.05, 3.63) is 40.5 Å². The van der Waals surface area contributed by atoms with Gasteiger partial charge in [-0.25, -0.2) is 4.68 Å². The van der Waals surface area contributed by atoms with Crippen molar-refractivity contribution in [2.24, 2.45) is 12.8 Å². The third-order valence-corrected chi connectivity index (χ3v) is 2.65. The van der Waals surface area contributed by atoms with E-state index in [9.17, 15) is 0 Å². The zero-order chi connectivity index (χ0) is 12.4. The van der Waals surface area contributed by atoms with Gasteiger partial charge in [-0.05, 0) is 25.1 Å². The standard InChI is InChI=1S/C12H14ClN3O/c1-8-5-12(16(2)15-8)17-11-4-3-10(13)6-9(11)7-14/h3-6H,7,14H2,1-2H3. The molecule has 0 spiro atoms. The molecule has 2 N–H and O–H groups in total. The van der Waals surface area contributed by atoms with Gasteiger partial charge in [-0.2, -0.15) is 5.10 Å². The zero-order valence-corrected chi connectivity index (χ0v) is 10.5. The van der Waals surface area contributed by atoms with Crippen molar-refractivity contribution < 1.29 is 4.74 Å². The largest absolute Gasteiger partial charge is 0.439 e. The van der Waals surface area contributed by atoms with E-state index in [4.69, 9.17) is 22.1 Å². The Bertz CT molecular complexity index is 537. The lowest BCUT2D eigenvalue weighted by molar-refractivity contribution is 0.426. The molecule has 0 saturated heterocycles. The number of aryl methyl sites for hydroxylation is 2. The second-order valence-electron chi connectivity index (χ2n) is 3.81. The molecule has 17 heavy (non-hydrogen) atoms. The summed E-state index contributed by atoms with van der Waals surface area (Å²) < 4.78 is 7.45. The fourth-order valence-electron chi connectivity index (χ4n) is 1.60. The van der Waals surface area contributed by atoms with Gasteiger partial charge < -0.3 is 10.5 Å². The van der Waals surface area contributed by atoms with Crippen LogP contribution < -0.4 is 10.5 Å². The normalized spacial score (nSPS) is 10.6. The van der Waals surface area contributed by atoms with Gasteiger partial charge >= 0.3 is 0 Å². The van der Waals surface area contributed by atoms with E-state index in [1.165, 1.54) is 0 Å². The summed E-state index contributed by atoms with van der Waals surface area (Å²) in [5.41, 5.74) is 7.44. The molecular weight excluding hydrogens is 238 g/mol. The van der Waals surface area contributed by atoms with Crippen molar-refractivity contribution in [1.29, 1.82) is 0 Å². The highest BCUT2D eigenvalue weighted by Gasteiger charge is 2.08. The van der Waals surface area contributed by atoms with E-state index in [0.717, 1.165) is 11.3 Å². The minimum atomic E-state index is 0.382. The first-order valence-corrected chi connectivity index (χ1v) is 5.65. The van der Waals surface area contributed by atoms with Gasteiger partial charge in [-0.3, -0.25) is 0 Å². The van der Waals surface area contributed by atoms with E-state index >= 15 is 0 Å². The highest BCUT2D eigenvalue weighted by atomic mass is 35.5. The van der Waals surface area contributed by atoms with Crippen LogP contribution in [0.4, 0.5) is 0 Å². The topological polar surface area (TPSA) is 53.1 Å². The first-order chi connectivity index (χ1) is 8.10. The van der Waals surface area contributed by atoms with Crippen LogP contribution >= 0.6 is 11.6 Å². The number of benzene rings is 1. The molecule has 0 bridgehead atoms. The fraction of sp³-hybridized carbons (Fsp3) is 0.250. The molecule has 0 amide bonds. The predicted octanol–water partition coefficient (Wildman–Crippen LogP) is 2.63. The number of ether oxygens (including phenoxy) is 1. The average molecular weight is 252 g/mol. The summed E-state index contributed by atoms with van der Waals surface area (Å²) in [6.07, 6.45) is 0. The molecule has 0 fully saturated rings. The summed E-state index contributed by atoms with van der Waals surface area (Å²) in [5, 5.41) is 4.87. The van der Waals surface area contributed by atoms with Crippen LogP contribution in [0, 0.1) is 6.92 Å². The van der Waals surface area contributed by atoms with Crippen LogP contribution in [-0.2, 0) is 13.6 Å². The molecular formula is C12H14ClN3O. The molecule has 5 heteroatoms. The average Bonchev–Trinajstić information content (AvgIpc) is 2.60. The van der Waals surface area contributed by atoms with Crippen molar-refractivity contribution in [3.63, 3.8) is 0 Å². The van der Waals surface area contributed by atoms with Crippen LogP contribution in [0.3, 0.4) is 0 Å². The summed E-state index contributed by atoms with van der Waals surface area (Å²) in [6.45, 7) is 2.30. The number of nitrogens with two attached hydrogens (primary N) is 1. The summed E-state index contributed by atoms with van der Waals surface area (Å²) in [5.74, 6) is 1.39. The summed E-state index contributed by atoms with van der Waals surface area (Å²) in [6, 6.07) is 7.27. The van der Waals surface area contributed by atoms with Gasteiger partial charge in [0.1, 0.15) is 5.75 Å². The van der Waals surface area contributed by atoms with Crippen LogP contribution in [0.25, 0.3) is 0 Å². The second kappa shape index (κ2) is 4.77. The van der Waals surface area contributed by atoms with Crippen LogP contribution in [-0.4, -0.2) is 9.78 Å². The number of nitrogens with zero attached hydrogens (tertiary/aromatic N) is 2. The second-order valence-corrected chi connectivity index (χ2v) is 4.24. The quantitative estimate of drug-likeness (QED) is 0.912. The summed E-state index contributed by atoms with van der Waals surface area (Å²) >= 11 is 5.91. The predicted molar refractivity (Wildman–Crippen MR) is 67.4 cm³/mol. The van der Waals surface area contributed by atoms with Gasteiger partial charge in [-0.1, -0.05) is 11.6 Å². The van der Waals surface area contributed by atoms with Gasteiger partial charge in [0.15, 0.2) is 0 Å². The molecule has 0 aliphatic heterocycles. The molecule has 0 aliphatic rings. The maximum atomic E-state index is 5.91. The molecule has 90 valence electrons. The molecule has 1 heterocycles. The monoisotopic (exact) mass is 251 g/mol. The van der Waals surface area contributed by atoms with Crippen molar-refractivity contribution in [3.8, 4) is 11.6 Å². The first-order valence-electron chi connectivity index (χ1n) is 5.27. The molecule has 1 aromatic carbocycles. The van der Waals surface area contributed by atoms with Gasteiger partial charge in [-0.15, -0.1) is 0 Å². The Balaban J connectivity index is 2.32. The van der Waals surface area contributed by atoms with Crippen molar-refractivity contribution >= 4 is 11.6 Å². The van der Waals surface area contributed by atoms with E-state index in [1.807, 2.05) is 26.1 Å². The Hall–Kier alpha value is -1.52. The highest BCUT2D eigenvalue weighted by molar-refractivity contribution is 6.30. The Kier molecular flexibility index (Phi) is 3.36. The van der Waals surface area contributed by atoms with Gasteiger partial charge in [0.2, 0.25) is 5.88 Å². The number of hydrogen-bond donors (Lipinski definition) is 1. The van der Waals surface area contributed by atoms with Gasteiger partial charge in [0, 0.05) is 30.2 Å². The molecule has 2 rings (SSSR count). The minimum absolute atomic E-state index is 0.382. The Morgan fingerprint density at radius 1 is 1.41 bits per heavy atom. The maximum Gasteiger partial charge on any atom is 0.217 e. The Labute approximate surface area is 105 Å². The highest BCUT2D eigenvalue weighted by Crippen LogP contribution is 2.27. The molecule has 0 aliphatic carbocycles. The van der Waals surface area contributed by atoms with Crippen LogP contribution in [0.5, 0.6) is 11.6 Å². The van der Waals surface area contributed by atoms with E-state index in [2.05, 4.69) is 5.10 Å². The number of aromatic nitrogens is 2. The SMILES string of the molecule is Cc1cc(Oc2ccc(Cl)cc2CN)n(C)n1. The molecule has 0 radical (unpaired) electrons. The van der Waals surface area contributed by atoms with E-state index in [-0.39, 0.29) is 0 Å². The lowest BCUT2D eigenvalue weighted by Gasteiger charge is -2.09. The number of rotatable bonds is 3. The lowest BCUT2D eigenvalue weighted by atomic mass is 10.2. The fourth-order valence-corrected chi connectivity index (χ4v) is 1.80. The Morgan fingerprint density at radius 3 is 2.76 bits per heavy atom.